The Morgan fingerprint density at radius 1 is 1.62 bits per heavy atom. The normalized spacial score (nSPS) is 12.5. The smallest absolute Gasteiger partial charge is 0.259 e. The number of aromatic nitrogens is 2. The molecule has 0 saturated carbocycles. The van der Waals surface area contributed by atoms with Crippen LogP contribution in [-0.4, -0.2) is 9.38 Å². The molecule has 7 heteroatoms. The highest BCUT2D eigenvalue weighted by atomic mass is 79.9. The lowest BCUT2D eigenvalue weighted by Crippen LogP contribution is -2.18. The van der Waals surface area contributed by atoms with Crippen molar-refractivity contribution in [2.75, 3.05) is 0 Å². The molecule has 0 saturated heterocycles. The van der Waals surface area contributed by atoms with E-state index in [1.54, 1.807) is 4.40 Å². The third-order valence-corrected chi connectivity index (χ3v) is 4.17. The number of hydrogen-bond donors (Lipinski definition) is 1. The van der Waals surface area contributed by atoms with Crippen molar-refractivity contribution in [3.05, 3.63) is 31.6 Å². The molecule has 16 heavy (non-hydrogen) atoms. The van der Waals surface area contributed by atoms with Crippen molar-refractivity contribution in [3.63, 3.8) is 0 Å². The molecule has 0 radical (unpaired) electrons. The van der Waals surface area contributed by atoms with Crippen LogP contribution in [0.3, 0.4) is 0 Å². The zero-order valence-corrected chi connectivity index (χ0v) is 11.9. The van der Waals surface area contributed by atoms with Gasteiger partial charge in [0.15, 0.2) is 4.96 Å². The molecule has 0 aliphatic carbocycles. The second-order valence-corrected chi connectivity index (χ2v) is 5.68. The van der Waals surface area contributed by atoms with Crippen LogP contribution in [0.15, 0.2) is 14.6 Å². The predicted octanol–water partition coefficient (Wildman–Crippen LogP) is 2.27. The van der Waals surface area contributed by atoms with E-state index in [2.05, 4.69) is 20.9 Å². The Kier molecular flexibility index (Phi) is 4.12. The summed E-state index contributed by atoms with van der Waals surface area (Å²) >= 11 is 4.83. The molecule has 88 valence electrons. The third kappa shape index (κ3) is 2.15. The molecule has 2 rings (SSSR count). The molecular weight excluding hydrogens is 314 g/mol. The van der Waals surface area contributed by atoms with Crippen molar-refractivity contribution in [1.82, 2.24) is 9.38 Å². The van der Waals surface area contributed by atoms with Crippen LogP contribution < -0.4 is 11.3 Å². The predicted molar refractivity (Wildman–Crippen MR) is 71.6 cm³/mol. The molecule has 2 N–H and O–H groups in total. The number of halogens is 2. The zero-order chi connectivity index (χ0) is 11.2. The Labute approximate surface area is 111 Å². The van der Waals surface area contributed by atoms with Crippen molar-refractivity contribution in [1.29, 1.82) is 0 Å². The molecule has 1 atom stereocenters. The monoisotopic (exact) mass is 323 g/mol. The second-order valence-electron chi connectivity index (χ2n) is 3.39. The van der Waals surface area contributed by atoms with E-state index in [0.717, 1.165) is 9.48 Å². The van der Waals surface area contributed by atoms with Crippen molar-refractivity contribution in [2.45, 2.75) is 19.9 Å². The van der Waals surface area contributed by atoms with Crippen molar-refractivity contribution in [2.24, 2.45) is 5.73 Å². The number of nitrogens with zero attached hydrogens (tertiary/aromatic N) is 2. The molecule has 2 aromatic rings. The maximum Gasteiger partial charge on any atom is 0.259 e. The summed E-state index contributed by atoms with van der Waals surface area (Å²) < 4.78 is 2.51. The maximum atomic E-state index is 11.8. The van der Waals surface area contributed by atoms with E-state index in [-0.39, 0.29) is 24.0 Å². The van der Waals surface area contributed by atoms with E-state index in [9.17, 15) is 4.79 Å². The van der Waals surface area contributed by atoms with Gasteiger partial charge in [0, 0.05) is 17.8 Å². The number of thiazole rings is 1. The topological polar surface area (TPSA) is 60.4 Å². The Morgan fingerprint density at radius 3 is 2.81 bits per heavy atom. The van der Waals surface area contributed by atoms with Gasteiger partial charge in [-0.1, -0.05) is 11.3 Å². The zero-order valence-electron chi connectivity index (χ0n) is 8.73. The fraction of sp³-hybridized carbons (Fsp3) is 0.333. The Morgan fingerprint density at radius 2 is 2.25 bits per heavy atom. The van der Waals surface area contributed by atoms with Gasteiger partial charge in [-0.3, -0.25) is 9.20 Å². The molecule has 0 amide bonds. The number of nitrogens with two attached hydrogens (primary N) is 1. The van der Waals surface area contributed by atoms with Gasteiger partial charge in [0.05, 0.1) is 9.48 Å². The van der Waals surface area contributed by atoms with Crippen LogP contribution in [0, 0.1) is 6.92 Å². The molecule has 0 aromatic carbocycles. The van der Waals surface area contributed by atoms with E-state index in [1.165, 1.54) is 17.4 Å². The van der Waals surface area contributed by atoms with Gasteiger partial charge in [-0.15, -0.1) is 12.4 Å². The first-order valence-electron chi connectivity index (χ1n) is 4.45. The molecule has 2 heterocycles. The first-order chi connectivity index (χ1) is 7.00. The average molecular weight is 325 g/mol. The number of aryl methyl sites for hydroxylation is 1. The van der Waals surface area contributed by atoms with Crippen molar-refractivity contribution < 1.29 is 0 Å². The Bertz CT molecular complexity index is 578. The van der Waals surface area contributed by atoms with Crippen LogP contribution in [0.4, 0.5) is 0 Å². The van der Waals surface area contributed by atoms with E-state index >= 15 is 0 Å². The largest absolute Gasteiger partial charge is 0.323 e. The molecule has 1 unspecified atom stereocenters. The van der Waals surface area contributed by atoms with Gasteiger partial charge < -0.3 is 5.73 Å². The summed E-state index contributed by atoms with van der Waals surface area (Å²) in [4.78, 5) is 16.8. The second kappa shape index (κ2) is 4.83. The summed E-state index contributed by atoms with van der Waals surface area (Å²) in [6, 6.07) is 1.27. The van der Waals surface area contributed by atoms with Gasteiger partial charge >= 0.3 is 0 Å². The van der Waals surface area contributed by atoms with E-state index in [4.69, 9.17) is 5.73 Å². The molecule has 0 bridgehead atoms. The maximum absolute atomic E-state index is 11.8. The van der Waals surface area contributed by atoms with E-state index < -0.39 is 0 Å². The molecule has 0 spiro atoms. The van der Waals surface area contributed by atoms with Gasteiger partial charge in [0.25, 0.3) is 5.56 Å². The lowest BCUT2D eigenvalue weighted by atomic mass is 10.2. The third-order valence-electron chi connectivity index (χ3n) is 2.18. The summed E-state index contributed by atoms with van der Waals surface area (Å²) in [5.74, 6) is 0. The number of fused-ring (bicyclic) bond motifs is 1. The van der Waals surface area contributed by atoms with Gasteiger partial charge in [0.2, 0.25) is 0 Å². The van der Waals surface area contributed by atoms with Crippen LogP contribution in [0.25, 0.3) is 4.96 Å². The van der Waals surface area contributed by atoms with Crippen LogP contribution in [-0.2, 0) is 0 Å². The summed E-state index contributed by atoms with van der Waals surface area (Å²) in [7, 11) is 0. The molecule has 0 aliphatic rings. The molecular formula is C9H11BrClN3OS. The van der Waals surface area contributed by atoms with Gasteiger partial charge in [-0.05, 0) is 29.8 Å². The Hall–Kier alpha value is -0.430. The van der Waals surface area contributed by atoms with Gasteiger partial charge in [0.1, 0.15) is 0 Å². The molecule has 0 aliphatic heterocycles. The highest BCUT2D eigenvalue weighted by Crippen LogP contribution is 2.25. The van der Waals surface area contributed by atoms with E-state index in [0.29, 0.717) is 10.7 Å². The average Bonchev–Trinajstić information content (AvgIpc) is 2.42. The highest BCUT2D eigenvalue weighted by molar-refractivity contribution is 9.11. The van der Waals surface area contributed by atoms with Gasteiger partial charge in [-0.25, -0.2) is 4.98 Å². The van der Waals surface area contributed by atoms with Crippen LogP contribution in [0.2, 0.25) is 0 Å². The van der Waals surface area contributed by atoms with Crippen LogP contribution in [0.1, 0.15) is 24.4 Å². The van der Waals surface area contributed by atoms with E-state index in [1.807, 2.05) is 13.8 Å². The fourth-order valence-corrected chi connectivity index (χ4v) is 2.81. The number of hydrogen-bond acceptors (Lipinski definition) is 4. The first kappa shape index (κ1) is 13.6. The molecule has 4 nitrogen and oxygen atoms in total. The fourth-order valence-electron chi connectivity index (χ4n) is 1.33. The minimum Gasteiger partial charge on any atom is -0.323 e. The van der Waals surface area contributed by atoms with Crippen molar-refractivity contribution >= 4 is 44.6 Å². The number of rotatable bonds is 1. The standard InChI is InChI=1S/C9H10BrN3OS.ClH/c1-4(11)6-3-7(14)13-5(2)8(10)15-9(13)12-6;/h3-4H,11H2,1-2H3;1H. The quantitative estimate of drug-likeness (QED) is 0.875. The van der Waals surface area contributed by atoms with Crippen molar-refractivity contribution in [3.8, 4) is 0 Å². The summed E-state index contributed by atoms with van der Waals surface area (Å²) in [5.41, 5.74) is 7.14. The highest BCUT2D eigenvalue weighted by Gasteiger charge is 2.11. The minimum atomic E-state index is -0.219. The SMILES string of the molecule is Cc1c(Br)sc2nc(C(C)N)cc(=O)n12.Cl. The van der Waals surface area contributed by atoms with Crippen LogP contribution in [0.5, 0.6) is 0 Å². The molecule has 2 aromatic heterocycles. The lowest BCUT2D eigenvalue weighted by Gasteiger charge is -2.03. The minimum absolute atomic E-state index is 0. The van der Waals surface area contributed by atoms with Crippen LogP contribution >= 0.6 is 39.7 Å². The Balaban J connectivity index is 0.00000128. The van der Waals surface area contributed by atoms with Gasteiger partial charge in [-0.2, -0.15) is 0 Å². The summed E-state index contributed by atoms with van der Waals surface area (Å²) in [6.45, 7) is 3.69. The molecule has 0 fully saturated rings. The first-order valence-corrected chi connectivity index (χ1v) is 6.06. The summed E-state index contributed by atoms with van der Waals surface area (Å²) in [6.07, 6.45) is 0. The lowest BCUT2D eigenvalue weighted by molar-refractivity contribution is 0.774. The summed E-state index contributed by atoms with van der Waals surface area (Å²) in [5, 5.41) is 0.